The Morgan fingerprint density at radius 3 is 2.65 bits per heavy atom. The first-order valence-corrected chi connectivity index (χ1v) is 8.45. The third kappa shape index (κ3) is 3.09. The molecule has 110 valence electrons. The Morgan fingerprint density at radius 1 is 1.35 bits per heavy atom. The third-order valence-corrected chi connectivity index (χ3v) is 5.36. The summed E-state index contributed by atoms with van der Waals surface area (Å²) in [6, 6.07) is 4.66. The van der Waals surface area contributed by atoms with E-state index in [1.165, 1.54) is 12.3 Å². The summed E-state index contributed by atoms with van der Waals surface area (Å²) in [5.41, 5.74) is 1.18. The lowest BCUT2D eigenvalue weighted by Gasteiger charge is -2.20. The molecule has 1 aliphatic carbocycles. The van der Waals surface area contributed by atoms with E-state index in [-0.39, 0.29) is 11.7 Å². The fraction of sp³-hybridized carbons (Fsp3) is 0.538. The monoisotopic (exact) mass is 298 g/mol. The normalized spacial score (nSPS) is 22.7. The molecule has 1 aromatic carbocycles. The average Bonchev–Trinajstić information content (AvgIpc) is 2.79. The molecule has 2 atom stereocenters. The standard InChI is InChI=1S/C13H18N2O4S/c1-9-6-7-10(12(8-9)15(16)17)14-11-4-3-5-13(11)20(2,18)19/h6-8,11,13-14H,3-5H2,1-2H3. The Kier molecular flexibility index (Phi) is 3.99. The van der Waals surface area contributed by atoms with Crippen LogP contribution >= 0.6 is 0 Å². The van der Waals surface area contributed by atoms with Crippen molar-refractivity contribution in [2.75, 3.05) is 11.6 Å². The highest BCUT2D eigenvalue weighted by atomic mass is 32.2. The van der Waals surface area contributed by atoms with Gasteiger partial charge in [0, 0.05) is 18.4 Å². The number of nitro benzene ring substituents is 1. The van der Waals surface area contributed by atoms with Crippen molar-refractivity contribution in [2.24, 2.45) is 0 Å². The van der Waals surface area contributed by atoms with Gasteiger partial charge in [-0.05, 0) is 37.8 Å². The molecule has 1 saturated carbocycles. The van der Waals surface area contributed by atoms with Crippen molar-refractivity contribution < 1.29 is 13.3 Å². The number of hydrogen-bond donors (Lipinski definition) is 1. The third-order valence-electron chi connectivity index (χ3n) is 3.69. The molecule has 6 nitrogen and oxygen atoms in total. The lowest BCUT2D eigenvalue weighted by Crippen LogP contribution is -2.34. The van der Waals surface area contributed by atoms with Gasteiger partial charge in [-0.15, -0.1) is 0 Å². The van der Waals surface area contributed by atoms with Crippen LogP contribution < -0.4 is 5.32 Å². The number of aryl methyl sites for hydroxylation is 1. The zero-order chi connectivity index (χ0) is 14.9. The molecule has 1 aromatic rings. The van der Waals surface area contributed by atoms with Gasteiger partial charge in [-0.1, -0.05) is 6.07 Å². The van der Waals surface area contributed by atoms with Gasteiger partial charge in [-0.25, -0.2) is 8.42 Å². The van der Waals surface area contributed by atoms with Gasteiger partial charge in [0.25, 0.3) is 5.69 Å². The van der Waals surface area contributed by atoms with Gasteiger partial charge in [-0.2, -0.15) is 0 Å². The van der Waals surface area contributed by atoms with E-state index in [2.05, 4.69) is 5.32 Å². The van der Waals surface area contributed by atoms with Crippen LogP contribution in [-0.2, 0) is 9.84 Å². The summed E-state index contributed by atoms with van der Waals surface area (Å²) in [6.45, 7) is 1.78. The highest BCUT2D eigenvalue weighted by molar-refractivity contribution is 7.91. The van der Waals surface area contributed by atoms with E-state index < -0.39 is 20.0 Å². The van der Waals surface area contributed by atoms with Crippen molar-refractivity contribution in [3.8, 4) is 0 Å². The van der Waals surface area contributed by atoms with Gasteiger partial charge in [0.2, 0.25) is 0 Å². The van der Waals surface area contributed by atoms with Gasteiger partial charge in [0.15, 0.2) is 9.84 Å². The van der Waals surface area contributed by atoms with Crippen molar-refractivity contribution in [3.05, 3.63) is 33.9 Å². The largest absolute Gasteiger partial charge is 0.375 e. The van der Waals surface area contributed by atoms with Crippen molar-refractivity contribution in [3.63, 3.8) is 0 Å². The van der Waals surface area contributed by atoms with E-state index >= 15 is 0 Å². The summed E-state index contributed by atoms with van der Waals surface area (Å²) >= 11 is 0. The summed E-state index contributed by atoms with van der Waals surface area (Å²) in [4.78, 5) is 10.6. The molecule has 0 aliphatic heterocycles. The van der Waals surface area contributed by atoms with Crippen LogP contribution in [0.1, 0.15) is 24.8 Å². The van der Waals surface area contributed by atoms with Crippen LogP contribution in [0, 0.1) is 17.0 Å². The Bertz CT molecular complexity index is 627. The number of benzene rings is 1. The maximum absolute atomic E-state index is 11.7. The van der Waals surface area contributed by atoms with E-state index in [1.807, 2.05) is 0 Å². The summed E-state index contributed by atoms with van der Waals surface area (Å²) in [5.74, 6) is 0. The average molecular weight is 298 g/mol. The molecule has 1 aliphatic rings. The predicted octanol–water partition coefficient (Wildman–Crippen LogP) is 2.28. The number of nitrogens with zero attached hydrogens (tertiary/aromatic N) is 1. The molecule has 0 heterocycles. The van der Waals surface area contributed by atoms with Crippen molar-refractivity contribution >= 4 is 21.2 Å². The Hall–Kier alpha value is -1.63. The molecule has 0 amide bonds. The summed E-state index contributed by atoms with van der Waals surface area (Å²) in [6.07, 6.45) is 3.36. The topological polar surface area (TPSA) is 89.3 Å². The zero-order valence-corrected chi connectivity index (χ0v) is 12.3. The van der Waals surface area contributed by atoms with Gasteiger partial charge < -0.3 is 5.32 Å². The van der Waals surface area contributed by atoms with Gasteiger partial charge in [0.1, 0.15) is 5.69 Å². The Balaban J connectivity index is 2.28. The van der Waals surface area contributed by atoms with Crippen molar-refractivity contribution in [2.45, 2.75) is 37.5 Å². The molecule has 2 rings (SSSR count). The summed E-state index contributed by atoms with van der Waals surface area (Å²) < 4.78 is 23.5. The first-order chi connectivity index (χ1) is 9.29. The molecule has 0 bridgehead atoms. The van der Waals surface area contributed by atoms with Crippen LogP contribution in [0.25, 0.3) is 0 Å². The van der Waals surface area contributed by atoms with E-state index in [0.29, 0.717) is 18.5 Å². The van der Waals surface area contributed by atoms with E-state index in [0.717, 1.165) is 12.0 Å². The van der Waals surface area contributed by atoms with Crippen LogP contribution in [0.5, 0.6) is 0 Å². The van der Waals surface area contributed by atoms with Crippen molar-refractivity contribution in [1.29, 1.82) is 0 Å². The molecular weight excluding hydrogens is 280 g/mol. The molecule has 0 radical (unpaired) electrons. The zero-order valence-electron chi connectivity index (χ0n) is 11.5. The quantitative estimate of drug-likeness (QED) is 0.680. The molecule has 0 spiro atoms. The van der Waals surface area contributed by atoms with Crippen LogP contribution in [-0.4, -0.2) is 30.9 Å². The first kappa shape index (κ1) is 14.8. The van der Waals surface area contributed by atoms with Crippen LogP contribution in [0.3, 0.4) is 0 Å². The molecular formula is C13H18N2O4S. The minimum absolute atomic E-state index is 0.0100. The van der Waals surface area contributed by atoms with Gasteiger partial charge >= 0.3 is 0 Å². The second kappa shape index (κ2) is 5.40. The van der Waals surface area contributed by atoms with Gasteiger partial charge in [0.05, 0.1) is 10.2 Å². The molecule has 1 N–H and O–H groups in total. The fourth-order valence-corrected chi connectivity index (χ4v) is 4.11. The lowest BCUT2D eigenvalue weighted by molar-refractivity contribution is -0.384. The SMILES string of the molecule is Cc1ccc(NC2CCCC2S(C)(=O)=O)c([N+](=O)[O-])c1. The van der Waals surface area contributed by atoms with E-state index in [4.69, 9.17) is 0 Å². The number of hydrogen-bond acceptors (Lipinski definition) is 5. The van der Waals surface area contributed by atoms with Crippen LogP contribution in [0.4, 0.5) is 11.4 Å². The maximum Gasteiger partial charge on any atom is 0.292 e. The molecule has 0 saturated heterocycles. The summed E-state index contributed by atoms with van der Waals surface area (Å²) in [5, 5.41) is 13.7. The maximum atomic E-state index is 11.7. The smallest absolute Gasteiger partial charge is 0.292 e. The second-order valence-electron chi connectivity index (χ2n) is 5.33. The minimum Gasteiger partial charge on any atom is -0.375 e. The Morgan fingerprint density at radius 2 is 2.05 bits per heavy atom. The fourth-order valence-electron chi connectivity index (χ4n) is 2.72. The number of rotatable bonds is 4. The molecule has 20 heavy (non-hydrogen) atoms. The number of nitro groups is 1. The Labute approximate surface area is 118 Å². The predicted molar refractivity (Wildman–Crippen MR) is 77.7 cm³/mol. The number of sulfone groups is 1. The number of anilines is 1. The molecule has 0 aromatic heterocycles. The number of nitrogens with one attached hydrogen (secondary N) is 1. The van der Waals surface area contributed by atoms with Crippen LogP contribution in [0.2, 0.25) is 0 Å². The lowest BCUT2D eigenvalue weighted by atomic mass is 10.1. The highest BCUT2D eigenvalue weighted by Gasteiger charge is 2.35. The second-order valence-corrected chi connectivity index (χ2v) is 7.59. The molecule has 7 heteroatoms. The highest BCUT2D eigenvalue weighted by Crippen LogP contribution is 2.32. The van der Waals surface area contributed by atoms with Crippen LogP contribution in [0.15, 0.2) is 18.2 Å². The van der Waals surface area contributed by atoms with Gasteiger partial charge in [-0.3, -0.25) is 10.1 Å². The van der Waals surface area contributed by atoms with E-state index in [9.17, 15) is 18.5 Å². The minimum atomic E-state index is -3.15. The molecule has 1 fully saturated rings. The first-order valence-electron chi connectivity index (χ1n) is 6.49. The molecule has 2 unspecified atom stereocenters. The van der Waals surface area contributed by atoms with E-state index in [1.54, 1.807) is 19.1 Å². The summed E-state index contributed by atoms with van der Waals surface area (Å²) in [7, 11) is -3.15. The van der Waals surface area contributed by atoms with Crippen molar-refractivity contribution in [1.82, 2.24) is 0 Å².